The van der Waals surface area contributed by atoms with Crippen molar-refractivity contribution in [2.75, 3.05) is 11.9 Å². The van der Waals surface area contributed by atoms with Crippen molar-refractivity contribution in [2.45, 2.75) is 6.92 Å². The molecule has 2 rings (SSSR count). The molecule has 0 saturated carbocycles. The third-order valence-electron chi connectivity index (χ3n) is 3.24. The van der Waals surface area contributed by atoms with Crippen LogP contribution in [0.25, 0.3) is 0 Å². The highest BCUT2D eigenvalue weighted by atomic mass is 35.5. The number of nitrogens with one attached hydrogen (secondary N) is 1. The fourth-order valence-electron chi connectivity index (χ4n) is 2.07. The quantitative estimate of drug-likeness (QED) is 0.358. The molecule has 0 unspecified atom stereocenters. The van der Waals surface area contributed by atoms with E-state index in [-0.39, 0.29) is 22.1 Å². The molecule has 1 N–H and O–H groups in total. The highest BCUT2D eigenvalue weighted by molar-refractivity contribution is 6.31. The third-order valence-corrected chi connectivity index (χ3v) is 3.47. The molecule has 0 fully saturated rings. The molecule has 0 heterocycles. The van der Waals surface area contributed by atoms with Crippen LogP contribution < -0.4 is 5.32 Å². The number of rotatable bonds is 6. The zero-order valence-corrected chi connectivity index (χ0v) is 14.3. The minimum absolute atomic E-state index is 0.127. The van der Waals surface area contributed by atoms with E-state index in [0.717, 1.165) is 12.1 Å². The molecule has 2 aromatic carbocycles. The second kappa shape index (κ2) is 8.21. The Hall–Kier alpha value is -3.26. The number of esters is 1. The van der Waals surface area contributed by atoms with Gasteiger partial charge in [0.1, 0.15) is 5.56 Å². The molecule has 2 aromatic rings. The summed E-state index contributed by atoms with van der Waals surface area (Å²) in [6.07, 6.45) is 0. The van der Waals surface area contributed by atoms with Crippen molar-refractivity contribution >= 4 is 40.6 Å². The average Bonchev–Trinajstić information content (AvgIpc) is 2.59. The van der Waals surface area contributed by atoms with E-state index >= 15 is 0 Å². The van der Waals surface area contributed by atoms with E-state index in [4.69, 9.17) is 16.3 Å². The summed E-state index contributed by atoms with van der Waals surface area (Å²) in [5.41, 5.74) is -0.0316. The first-order valence-corrected chi connectivity index (χ1v) is 7.67. The van der Waals surface area contributed by atoms with Gasteiger partial charge in [-0.25, -0.2) is 4.79 Å². The Labute approximate surface area is 152 Å². The van der Waals surface area contributed by atoms with Gasteiger partial charge in [-0.2, -0.15) is 0 Å². The highest BCUT2D eigenvalue weighted by Crippen LogP contribution is 2.23. The number of ether oxygens (including phenoxy) is 1. The molecule has 0 aliphatic heterocycles. The number of Topliss-reactive ketones (excluding diaryl/α,β-unsaturated/α-hetero) is 1. The van der Waals surface area contributed by atoms with Crippen LogP contribution in [0.5, 0.6) is 0 Å². The zero-order chi connectivity index (χ0) is 19.3. The third kappa shape index (κ3) is 4.87. The standard InChI is InChI=1S/C17H13ClN2O6/c1-10(21)19-13-5-2-11(3-6-13)16(22)9-26-17(23)14-8-12(18)4-7-15(14)20(24)25/h2-8H,9H2,1H3,(H,19,21). The molecular weight excluding hydrogens is 364 g/mol. The number of ketones is 1. The van der Waals surface area contributed by atoms with Crippen LogP contribution in [0.1, 0.15) is 27.6 Å². The molecule has 0 spiro atoms. The second-order valence-corrected chi connectivity index (χ2v) is 5.61. The van der Waals surface area contributed by atoms with Crippen LogP contribution in [0.3, 0.4) is 0 Å². The van der Waals surface area contributed by atoms with Gasteiger partial charge in [0, 0.05) is 29.3 Å². The SMILES string of the molecule is CC(=O)Nc1ccc(C(=O)COC(=O)c2cc(Cl)ccc2[N+](=O)[O-])cc1. The molecule has 0 aromatic heterocycles. The molecule has 9 heteroatoms. The molecular formula is C17H13ClN2O6. The summed E-state index contributed by atoms with van der Waals surface area (Å²) in [7, 11) is 0. The van der Waals surface area contributed by atoms with Crippen molar-refractivity contribution in [2.24, 2.45) is 0 Å². The number of halogens is 1. The van der Waals surface area contributed by atoms with Gasteiger partial charge in [0.2, 0.25) is 5.91 Å². The number of anilines is 1. The average molecular weight is 377 g/mol. The van der Waals surface area contributed by atoms with Crippen molar-refractivity contribution in [1.82, 2.24) is 0 Å². The van der Waals surface area contributed by atoms with Crippen molar-refractivity contribution in [3.63, 3.8) is 0 Å². The zero-order valence-electron chi connectivity index (χ0n) is 13.5. The Morgan fingerprint density at radius 3 is 2.38 bits per heavy atom. The first kappa shape index (κ1) is 19.1. The Kier molecular flexibility index (Phi) is 6.03. The summed E-state index contributed by atoms with van der Waals surface area (Å²) in [5, 5.41) is 13.6. The predicted molar refractivity (Wildman–Crippen MR) is 93.5 cm³/mol. The van der Waals surface area contributed by atoms with Crippen LogP contribution in [-0.2, 0) is 9.53 Å². The summed E-state index contributed by atoms with van der Waals surface area (Å²) >= 11 is 5.75. The van der Waals surface area contributed by atoms with Crippen molar-refractivity contribution in [1.29, 1.82) is 0 Å². The van der Waals surface area contributed by atoms with Gasteiger partial charge in [0.15, 0.2) is 12.4 Å². The lowest BCUT2D eigenvalue weighted by Gasteiger charge is -2.06. The number of carbonyl (C=O) groups is 3. The lowest BCUT2D eigenvalue weighted by atomic mass is 10.1. The second-order valence-electron chi connectivity index (χ2n) is 5.18. The molecule has 0 bridgehead atoms. The van der Waals surface area contributed by atoms with E-state index in [9.17, 15) is 24.5 Å². The molecule has 8 nitrogen and oxygen atoms in total. The van der Waals surface area contributed by atoms with Crippen molar-refractivity contribution in [3.05, 3.63) is 68.7 Å². The van der Waals surface area contributed by atoms with E-state index < -0.39 is 29.0 Å². The maximum Gasteiger partial charge on any atom is 0.345 e. The number of hydrogen-bond donors (Lipinski definition) is 1. The lowest BCUT2D eigenvalue weighted by molar-refractivity contribution is -0.385. The molecule has 0 atom stereocenters. The Bertz CT molecular complexity index is 879. The predicted octanol–water partition coefficient (Wildman–Crippen LogP) is 3.25. The topological polar surface area (TPSA) is 116 Å². The van der Waals surface area contributed by atoms with Gasteiger partial charge in [0.25, 0.3) is 5.69 Å². The number of hydrogen-bond acceptors (Lipinski definition) is 6. The van der Waals surface area contributed by atoms with E-state index in [1.165, 1.54) is 37.3 Å². The number of nitro groups is 1. The van der Waals surface area contributed by atoms with Gasteiger partial charge in [-0.05, 0) is 36.4 Å². The van der Waals surface area contributed by atoms with Crippen LogP contribution in [0, 0.1) is 10.1 Å². The molecule has 26 heavy (non-hydrogen) atoms. The van der Waals surface area contributed by atoms with Gasteiger partial charge in [-0.3, -0.25) is 19.7 Å². The van der Waals surface area contributed by atoms with Gasteiger partial charge < -0.3 is 10.1 Å². The molecule has 0 aliphatic rings. The summed E-state index contributed by atoms with van der Waals surface area (Å²) in [4.78, 5) is 45.3. The van der Waals surface area contributed by atoms with E-state index in [1.54, 1.807) is 0 Å². The summed E-state index contributed by atoms with van der Waals surface area (Å²) in [5.74, 6) is -1.78. The van der Waals surface area contributed by atoms with E-state index in [1.807, 2.05) is 0 Å². The number of nitrogens with zero attached hydrogens (tertiary/aromatic N) is 1. The fraction of sp³-hybridized carbons (Fsp3) is 0.118. The van der Waals surface area contributed by atoms with E-state index in [0.29, 0.717) is 5.69 Å². The Balaban J connectivity index is 2.05. The number of nitro benzene ring substituents is 1. The summed E-state index contributed by atoms with van der Waals surface area (Å²) in [6.45, 7) is 0.759. The van der Waals surface area contributed by atoms with Gasteiger partial charge in [-0.1, -0.05) is 11.6 Å². The fourth-order valence-corrected chi connectivity index (χ4v) is 2.24. The molecule has 0 saturated heterocycles. The van der Waals surface area contributed by atoms with Gasteiger partial charge in [0.05, 0.1) is 4.92 Å². The summed E-state index contributed by atoms with van der Waals surface area (Å²) in [6, 6.07) is 9.44. The minimum Gasteiger partial charge on any atom is -0.454 e. The Morgan fingerprint density at radius 1 is 1.15 bits per heavy atom. The number of carbonyl (C=O) groups excluding carboxylic acids is 3. The van der Waals surface area contributed by atoms with Crippen LogP contribution in [0.15, 0.2) is 42.5 Å². The number of benzene rings is 2. The van der Waals surface area contributed by atoms with Crippen LogP contribution in [-0.4, -0.2) is 29.2 Å². The maximum atomic E-state index is 12.1. The molecule has 0 aliphatic carbocycles. The largest absolute Gasteiger partial charge is 0.454 e. The van der Waals surface area contributed by atoms with E-state index in [2.05, 4.69) is 5.32 Å². The summed E-state index contributed by atoms with van der Waals surface area (Å²) < 4.78 is 4.86. The Morgan fingerprint density at radius 2 is 1.81 bits per heavy atom. The van der Waals surface area contributed by atoms with Crippen LogP contribution in [0.2, 0.25) is 5.02 Å². The van der Waals surface area contributed by atoms with Crippen molar-refractivity contribution in [3.8, 4) is 0 Å². The molecule has 134 valence electrons. The van der Waals surface area contributed by atoms with Crippen LogP contribution in [0.4, 0.5) is 11.4 Å². The van der Waals surface area contributed by atoms with Crippen LogP contribution >= 0.6 is 11.6 Å². The number of amides is 1. The molecule has 0 radical (unpaired) electrons. The minimum atomic E-state index is -1.03. The first-order chi connectivity index (χ1) is 12.3. The first-order valence-electron chi connectivity index (χ1n) is 7.30. The normalized spacial score (nSPS) is 10.1. The maximum absolute atomic E-state index is 12.1. The van der Waals surface area contributed by atoms with Gasteiger partial charge in [-0.15, -0.1) is 0 Å². The lowest BCUT2D eigenvalue weighted by Crippen LogP contribution is -2.15. The molecule has 1 amide bonds. The van der Waals surface area contributed by atoms with Gasteiger partial charge >= 0.3 is 5.97 Å². The smallest absolute Gasteiger partial charge is 0.345 e. The monoisotopic (exact) mass is 376 g/mol. The van der Waals surface area contributed by atoms with Crippen molar-refractivity contribution < 1.29 is 24.0 Å². The highest BCUT2D eigenvalue weighted by Gasteiger charge is 2.22.